The normalized spacial score (nSPS) is 20.0. The summed E-state index contributed by atoms with van der Waals surface area (Å²) in [6.45, 7) is 0. The highest BCUT2D eigenvalue weighted by Crippen LogP contribution is 2.09. The van der Waals surface area contributed by atoms with E-state index in [9.17, 15) is 0 Å². The second-order valence-corrected chi connectivity index (χ2v) is 1.58. The highest BCUT2D eigenvalue weighted by molar-refractivity contribution is 7.94. The molecule has 6 heavy (non-hydrogen) atoms. The van der Waals surface area contributed by atoms with Crippen LogP contribution < -0.4 is 0 Å². The van der Waals surface area contributed by atoms with Crippen molar-refractivity contribution < 1.29 is 4.18 Å². The summed E-state index contributed by atoms with van der Waals surface area (Å²) in [7, 11) is 0. The average Bonchev–Trinajstić information content (AvgIpc) is 1.72. The number of hydrogen-bond acceptors (Lipinski definition) is 2. The Hall–Kier alpha value is -0.110. The molecule has 32 valence electrons. The zero-order chi connectivity index (χ0) is 4.24. The molecule has 0 amide bonds. The summed E-state index contributed by atoms with van der Waals surface area (Å²) in [5, 5.41) is 0. The van der Waals surface area contributed by atoms with Gasteiger partial charge in [0.05, 0.1) is 18.3 Å². The van der Waals surface area contributed by atoms with Gasteiger partial charge < -0.3 is 4.18 Å². The van der Waals surface area contributed by atoms with E-state index in [0.717, 1.165) is 5.75 Å². The van der Waals surface area contributed by atoms with Gasteiger partial charge in [-0.3, -0.25) is 0 Å². The molecule has 0 unspecified atom stereocenters. The molecule has 0 N–H and O–H groups in total. The first-order valence-corrected chi connectivity index (χ1v) is 2.58. The van der Waals surface area contributed by atoms with E-state index in [1.54, 1.807) is 12.3 Å². The molecule has 1 rings (SSSR count). The van der Waals surface area contributed by atoms with Crippen molar-refractivity contribution in [2.45, 2.75) is 0 Å². The van der Waals surface area contributed by atoms with Crippen LogP contribution in [0.2, 0.25) is 0 Å². The van der Waals surface area contributed by atoms with Crippen molar-refractivity contribution >= 4 is 12.0 Å². The van der Waals surface area contributed by atoms with E-state index < -0.39 is 0 Å². The van der Waals surface area contributed by atoms with Gasteiger partial charge in [-0.1, -0.05) is 0 Å². The third kappa shape index (κ3) is 0.937. The second-order valence-electron chi connectivity index (χ2n) is 0.865. The van der Waals surface area contributed by atoms with E-state index in [1.807, 2.05) is 0 Å². The SMILES string of the molecule is [C]1C=COSC1. The zero-order valence-electron chi connectivity index (χ0n) is 3.18. The number of rotatable bonds is 0. The summed E-state index contributed by atoms with van der Waals surface area (Å²) in [4.78, 5) is 0. The van der Waals surface area contributed by atoms with Crippen LogP contribution in [0.4, 0.5) is 0 Å². The van der Waals surface area contributed by atoms with Crippen molar-refractivity contribution in [3.63, 3.8) is 0 Å². The molecule has 0 aliphatic carbocycles. The van der Waals surface area contributed by atoms with E-state index in [1.165, 1.54) is 12.0 Å². The summed E-state index contributed by atoms with van der Waals surface area (Å²) in [6.07, 6.45) is 6.34. The van der Waals surface area contributed by atoms with Crippen LogP contribution in [0.5, 0.6) is 0 Å². The van der Waals surface area contributed by atoms with Crippen LogP contribution >= 0.6 is 12.0 Å². The third-order valence-corrected chi connectivity index (χ3v) is 0.983. The van der Waals surface area contributed by atoms with Crippen LogP contribution in [0.25, 0.3) is 0 Å². The average molecular weight is 100 g/mol. The Labute approximate surface area is 41.6 Å². The van der Waals surface area contributed by atoms with E-state index in [-0.39, 0.29) is 0 Å². The molecule has 2 radical (unpaired) electrons. The van der Waals surface area contributed by atoms with Crippen molar-refractivity contribution in [3.05, 3.63) is 18.8 Å². The standard InChI is InChI=1S/C4H4OS/c1-2-4-6-5-3-1/h1,3H,4H2. The van der Waals surface area contributed by atoms with Gasteiger partial charge in [0.1, 0.15) is 0 Å². The molecule has 0 aromatic carbocycles. The van der Waals surface area contributed by atoms with Crippen molar-refractivity contribution in [2.75, 3.05) is 5.75 Å². The lowest BCUT2D eigenvalue weighted by Gasteiger charge is -1.98. The van der Waals surface area contributed by atoms with Crippen molar-refractivity contribution in [1.82, 2.24) is 0 Å². The Morgan fingerprint density at radius 3 is 3.00 bits per heavy atom. The van der Waals surface area contributed by atoms with Gasteiger partial charge >= 0.3 is 0 Å². The van der Waals surface area contributed by atoms with Gasteiger partial charge in [0.15, 0.2) is 0 Å². The molecule has 1 nitrogen and oxygen atoms in total. The van der Waals surface area contributed by atoms with Crippen LogP contribution in [-0.4, -0.2) is 5.75 Å². The van der Waals surface area contributed by atoms with Gasteiger partial charge in [-0.25, -0.2) is 0 Å². The van der Waals surface area contributed by atoms with Gasteiger partial charge in [-0.05, 0) is 6.08 Å². The highest BCUT2D eigenvalue weighted by atomic mass is 32.2. The first kappa shape index (κ1) is 4.06. The Bertz CT molecular complexity index is 52.6. The monoisotopic (exact) mass is 100.0 g/mol. The quantitative estimate of drug-likeness (QED) is 0.424. The fraction of sp³-hybridized carbons (Fsp3) is 0.250. The molecule has 1 aliphatic heterocycles. The van der Waals surface area contributed by atoms with Gasteiger partial charge in [0, 0.05) is 12.2 Å². The molecule has 2 heteroatoms. The first-order chi connectivity index (χ1) is 3.00. The Balaban J connectivity index is 2.26. The van der Waals surface area contributed by atoms with Crippen molar-refractivity contribution in [3.8, 4) is 0 Å². The molecular formula is C4H4OS. The van der Waals surface area contributed by atoms with Crippen LogP contribution in [-0.2, 0) is 4.18 Å². The minimum atomic E-state index is 0.858. The third-order valence-electron chi connectivity index (χ3n) is 0.452. The van der Waals surface area contributed by atoms with Gasteiger partial charge in [-0.15, -0.1) is 0 Å². The van der Waals surface area contributed by atoms with Crippen LogP contribution in [0, 0.1) is 6.42 Å². The molecule has 0 spiro atoms. The van der Waals surface area contributed by atoms with E-state index >= 15 is 0 Å². The molecular weight excluding hydrogens is 96.1 g/mol. The molecule has 0 fully saturated rings. The summed E-state index contributed by atoms with van der Waals surface area (Å²) in [5.74, 6) is 0.858. The van der Waals surface area contributed by atoms with Gasteiger partial charge in [-0.2, -0.15) is 0 Å². The Kier molecular flexibility index (Phi) is 1.44. The fourth-order valence-electron chi connectivity index (χ4n) is 0.231. The molecule has 1 aliphatic rings. The summed E-state index contributed by atoms with van der Waals surface area (Å²) < 4.78 is 4.74. The summed E-state index contributed by atoms with van der Waals surface area (Å²) in [5.41, 5.74) is 0. The Morgan fingerprint density at radius 2 is 2.83 bits per heavy atom. The maximum Gasteiger partial charge on any atom is 0.0976 e. The minimum absolute atomic E-state index is 0.858. The first-order valence-electron chi connectivity index (χ1n) is 1.67. The highest BCUT2D eigenvalue weighted by Gasteiger charge is 1.89. The number of allylic oxidation sites excluding steroid dienone is 1. The molecule has 0 bridgehead atoms. The second kappa shape index (κ2) is 2.13. The van der Waals surface area contributed by atoms with E-state index in [0.29, 0.717) is 0 Å². The maximum absolute atomic E-state index is 4.74. The molecule has 1 heterocycles. The zero-order valence-corrected chi connectivity index (χ0v) is 3.99. The predicted octanol–water partition coefficient (Wildman–Crippen LogP) is 1.26. The molecule has 0 atom stereocenters. The van der Waals surface area contributed by atoms with Crippen molar-refractivity contribution in [1.29, 1.82) is 0 Å². The summed E-state index contributed by atoms with van der Waals surface area (Å²) in [6, 6.07) is 0. The minimum Gasteiger partial charge on any atom is -0.434 e. The smallest absolute Gasteiger partial charge is 0.0976 e. The van der Waals surface area contributed by atoms with Gasteiger partial charge in [0.2, 0.25) is 0 Å². The lowest BCUT2D eigenvalue weighted by molar-refractivity contribution is 0.561. The molecule has 0 saturated carbocycles. The van der Waals surface area contributed by atoms with Crippen LogP contribution in [0.3, 0.4) is 0 Å². The summed E-state index contributed by atoms with van der Waals surface area (Å²) >= 11 is 1.40. The van der Waals surface area contributed by atoms with E-state index in [4.69, 9.17) is 4.18 Å². The largest absolute Gasteiger partial charge is 0.434 e. The van der Waals surface area contributed by atoms with Crippen LogP contribution in [0.15, 0.2) is 12.3 Å². The van der Waals surface area contributed by atoms with Gasteiger partial charge in [0.25, 0.3) is 0 Å². The van der Waals surface area contributed by atoms with E-state index in [2.05, 4.69) is 6.42 Å². The number of hydrogen-bond donors (Lipinski definition) is 0. The van der Waals surface area contributed by atoms with Crippen LogP contribution in [0.1, 0.15) is 0 Å². The topological polar surface area (TPSA) is 9.23 Å². The lowest BCUT2D eigenvalue weighted by Crippen LogP contribution is -1.81. The lowest BCUT2D eigenvalue weighted by atomic mass is 10.5. The Morgan fingerprint density at radius 1 is 1.83 bits per heavy atom. The van der Waals surface area contributed by atoms with Crippen molar-refractivity contribution in [2.24, 2.45) is 0 Å². The maximum atomic E-state index is 4.74. The predicted molar refractivity (Wildman–Crippen MR) is 25.9 cm³/mol. The fourth-order valence-corrected chi connectivity index (χ4v) is 0.598. The molecule has 0 aromatic heterocycles. The molecule has 0 aromatic rings. The molecule has 0 saturated heterocycles.